The summed E-state index contributed by atoms with van der Waals surface area (Å²) in [6, 6.07) is 14.6. The van der Waals surface area contributed by atoms with E-state index in [0.29, 0.717) is 17.9 Å². The molecule has 0 saturated carbocycles. The van der Waals surface area contributed by atoms with Crippen molar-refractivity contribution < 1.29 is 14.6 Å². The van der Waals surface area contributed by atoms with Crippen molar-refractivity contribution >= 4 is 0 Å². The fourth-order valence-corrected chi connectivity index (χ4v) is 2.79. The van der Waals surface area contributed by atoms with Gasteiger partial charge in [-0.15, -0.1) is 0 Å². The minimum Gasteiger partial charge on any atom is -0.508 e. The Balaban J connectivity index is 2.10. The Labute approximate surface area is 140 Å². The highest BCUT2D eigenvalue weighted by atomic mass is 16.5. The summed E-state index contributed by atoms with van der Waals surface area (Å²) in [4.78, 5) is 0. The molecule has 2 aromatic carbocycles. The second-order valence-corrected chi connectivity index (χ2v) is 5.57. The summed E-state index contributed by atoms with van der Waals surface area (Å²) in [5.74, 6) is 0.985. The molecule has 0 spiro atoms. The zero-order valence-electron chi connectivity index (χ0n) is 13.3. The van der Waals surface area contributed by atoms with Crippen LogP contribution in [0.1, 0.15) is 30.4 Å². The van der Waals surface area contributed by atoms with Crippen molar-refractivity contribution in [1.29, 1.82) is 5.26 Å². The summed E-state index contributed by atoms with van der Waals surface area (Å²) in [6.45, 7) is 2.67. The van der Waals surface area contributed by atoms with Crippen LogP contribution in [0.2, 0.25) is 0 Å². The predicted molar refractivity (Wildman–Crippen MR) is 89.6 cm³/mol. The number of rotatable bonds is 4. The molecule has 1 aliphatic heterocycles. The SMILES string of the molecule is CCCOc1cccc(C2C(C#N)=C(N)Oc3cc(O)ccc32)c1. The number of fused-ring (bicyclic) bond motifs is 1. The van der Waals surface area contributed by atoms with Crippen molar-refractivity contribution in [3.8, 4) is 23.3 Å². The van der Waals surface area contributed by atoms with Gasteiger partial charge in [0.1, 0.15) is 28.9 Å². The van der Waals surface area contributed by atoms with Gasteiger partial charge in [0.05, 0.1) is 12.5 Å². The quantitative estimate of drug-likeness (QED) is 0.900. The Kier molecular flexibility index (Phi) is 4.30. The van der Waals surface area contributed by atoms with Crippen molar-refractivity contribution in [2.24, 2.45) is 5.73 Å². The molecule has 122 valence electrons. The lowest BCUT2D eigenvalue weighted by molar-refractivity contribution is 0.317. The number of phenolic OH excluding ortho intramolecular Hbond substituents is 1. The molecule has 24 heavy (non-hydrogen) atoms. The first-order valence-corrected chi connectivity index (χ1v) is 7.77. The molecule has 3 N–H and O–H groups in total. The fourth-order valence-electron chi connectivity index (χ4n) is 2.79. The van der Waals surface area contributed by atoms with Gasteiger partial charge in [-0.3, -0.25) is 0 Å². The van der Waals surface area contributed by atoms with E-state index in [1.165, 1.54) is 6.07 Å². The van der Waals surface area contributed by atoms with Crippen molar-refractivity contribution in [3.05, 3.63) is 65.0 Å². The number of phenols is 1. The Hall–Kier alpha value is -3.13. The van der Waals surface area contributed by atoms with Gasteiger partial charge in [-0.2, -0.15) is 5.26 Å². The minimum absolute atomic E-state index is 0.0560. The van der Waals surface area contributed by atoms with Crippen LogP contribution < -0.4 is 15.2 Å². The van der Waals surface area contributed by atoms with Crippen LogP contribution in [0, 0.1) is 11.3 Å². The van der Waals surface area contributed by atoms with Gasteiger partial charge in [-0.25, -0.2) is 0 Å². The monoisotopic (exact) mass is 322 g/mol. The maximum atomic E-state index is 9.67. The Morgan fingerprint density at radius 2 is 2.12 bits per heavy atom. The van der Waals surface area contributed by atoms with Crippen LogP contribution in [0.15, 0.2) is 53.9 Å². The predicted octanol–water partition coefficient (Wildman–Crippen LogP) is 3.40. The molecule has 0 bridgehead atoms. The smallest absolute Gasteiger partial charge is 0.205 e. The highest BCUT2D eigenvalue weighted by molar-refractivity contribution is 5.57. The standard InChI is InChI=1S/C19H18N2O3/c1-2-8-23-14-5-3-4-12(9-14)18-15-7-6-13(22)10-17(15)24-19(21)16(18)11-20/h3-7,9-10,18,22H,2,8,21H2,1H3. The molecule has 0 aromatic heterocycles. The number of nitrogens with two attached hydrogens (primary N) is 1. The minimum atomic E-state index is -0.357. The number of hydrogen-bond acceptors (Lipinski definition) is 5. The maximum Gasteiger partial charge on any atom is 0.205 e. The number of allylic oxidation sites excluding steroid dienone is 1. The zero-order valence-corrected chi connectivity index (χ0v) is 13.3. The second kappa shape index (κ2) is 6.55. The van der Waals surface area contributed by atoms with E-state index in [4.69, 9.17) is 15.2 Å². The van der Waals surface area contributed by atoms with Crippen LogP contribution in [0.5, 0.6) is 17.2 Å². The van der Waals surface area contributed by atoms with E-state index in [-0.39, 0.29) is 17.6 Å². The van der Waals surface area contributed by atoms with Crippen LogP contribution in [-0.2, 0) is 0 Å². The molecular weight excluding hydrogens is 304 g/mol. The third-order valence-corrected chi connectivity index (χ3v) is 3.87. The molecular formula is C19H18N2O3. The van der Waals surface area contributed by atoms with Gasteiger partial charge in [-0.05, 0) is 30.2 Å². The average Bonchev–Trinajstić information content (AvgIpc) is 2.58. The Morgan fingerprint density at radius 1 is 1.29 bits per heavy atom. The highest BCUT2D eigenvalue weighted by Crippen LogP contribution is 2.43. The Bertz CT molecular complexity index is 837. The number of hydrogen-bond donors (Lipinski definition) is 2. The first-order chi connectivity index (χ1) is 11.6. The first-order valence-electron chi connectivity index (χ1n) is 7.77. The zero-order chi connectivity index (χ0) is 17.1. The van der Waals surface area contributed by atoms with Gasteiger partial charge < -0.3 is 20.3 Å². The van der Waals surface area contributed by atoms with Gasteiger partial charge >= 0.3 is 0 Å². The van der Waals surface area contributed by atoms with Crippen LogP contribution in [0.3, 0.4) is 0 Å². The number of ether oxygens (including phenoxy) is 2. The van der Waals surface area contributed by atoms with Gasteiger partial charge in [0.15, 0.2) is 0 Å². The molecule has 0 radical (unpaired) electrons. The van der Waals surface area contributed by atoms with E-state index in [2.05, 4.69) is 6.07 Å². The topological polar surface area (TPSA) is 88.5 Å². The van der Waals surface area contributed by atoms with E-state index in [0.717, 1.165) is 23.3 Å². The number of nitriles is 1. The van der Waals surface area contributed by atoms with Crippen molar-refractivity contribution in [1.82, 2.24) is 0 Å². The van der Waals surface area contributed by atoms with E-state index in [9.17, 15) is 10.4 Å². The maximum absolute atomic E-state index is 9.67. The lowest BCUT2D eigenvalue weighted by Gasteiger charge is -2.26. The van der Waals surface area contributed by atoms with Crippen LogP contribution >= 0.6 is 0 Å². The summed E-state index contributed by atoms with van der Waals surface area (Å²) in [5, 5.41) is 19.2. The molecule has 2 aromatic rings. The van der Waals surface area contributed by atoms with Crippen LogP contribution in [0.4, 0.5) is 0 Å². The molecule has 5 heteroatoms. The van der Waals surface area contributed by atoms with E-state index >= 15 is 0 Å². The molecule has 1 heterocycles. The largest absolute Gasteiger partial charge is 0.508 e. The molecule has 3 rings (SSSR count). The Morgan fingerprint density at radius 3 is 2.88 bits per heavy atom. The molecule has 5 nitrogen and oxygen atoms in total. The molecule has 1 unspecified atom stereocenters. The van der Waals surface area contributed by atoms with Gasteiger partial charge in [0.2, 0.25) is 5.88 Å². The number of nitrogens with zero attached hydrogens (tertiary/aromatic N) is 1. The second-order valence-electron chi connectivity index (χ2n) is 5.57. The molecule has 1 atom stereocenters. The normalized spacial score (nSPS) is 16.1. The fraction of sp³-hybridized carbons (Fsp3) is 0.211. The van der Waals surface area contributed by atoms with Gasteiger partial charge in [0.25, 0.3) is 0 Å². The van der Waals surface area contributed by atoms with Crippen LogP contribution in [0.25, 0.3) is 0 Å². The molecule has 0 aliphatic carbocycles. The van der Waals surface area contributed by atoms with Crippen molar-refractivity contribution in [2.75, 3.05) is 6.61 Å². The van der Waals surface area contributed by atoms with E-state index in [1.807, 2.05) is 31.2 Å². The van der Waals surface area contributed by atoms with E-state index < -0.39 is 0 Å². The summed E-state index contributed by atoms with van der Waals surface area (Å²) in [5.41, 5.74) is 7.94. The summed E-state index contributed by atoms with van der Waals surface area (Å²) in [6.07, 6.45) is 0.917. The lowest BCUT2D eigenvalue weighted by Crippen LogP contribution is -2.21. The summed E-state index contributed by atoms with van der Waals surface area (Å²) >= 11 is 0. The third-order valence-electron chi connectivity index (χ3n) is 3.87. The summed E-state index contributed by atoms with van der Waals surface area (Å²) in [7, 11) is 0. The molecule has 0 amide bonds. The average molecular weight is 322 g/mol. The van der Waals surface area contributed by atoms with Gasteiger partial charge in [0, 0.05) is 11.6 Å². The third kappa shape index (κ3) is 2.86. The molecule has 0 saturated heterocycles. The molecule has 0 fully saturated rings. The highest BCUT2D eigenvalue weighted by Gasteiger charge is 2.30. The number of aromatic hydroxyl groups is 1. The van der Waals surface area contributed by atoms with E-state index in [1.54, 1.807) is 12.1 Å². The lowest BCUT2D eigenvalue weighted by atomic mass is 9.83. The van der Waals surface area contributed by atoms with Crippen molar-refractivity contribution in [3.63, 3.8) is 0 Å². The first kappa shape index (κ1) is 15.8. The summed E-state index contributed by atoms with van der Waals surface area (Å²) < 4.78 is 11.2. The molecule has 1 aliphatic rings. The van der Waals surface area contributed by atoms with Crippen LogP contribution in [-0.4, -0.2) is 11.7 Å². The number of benzene rings is 2. The van der Waals surface area contributed by atoms with Gasteiger partial charge in [-0.1, -0.05) is 25.1 Å². The van der Waals surface area contributed by atoms with Crippen molar-refractivity contribution in [2.45, 2.75) is 19.3 Å².